The zero-order chi connectivity index (χ0) is 14.0. The normalized spacial score (nSPS) is 24.9. The molecule has 1 fully saturated rings. The van der Waals surface area contributed by atoms with Gasteiger partial charge in [-0.2, -0.15) is 5.26 Å². The molecule has 0 spiro atoms. The van der Waals surface area contributed by atoms with Crippen molar-refractivity contribution in [3.63, 3.8) is 0 Å². The van der Waals surface area contributed by atoms with Gasteiger partial charge in [-0.15, -0.1) is 0 Å². The molecule has 4 heteroatoms. The molecule has 1 aromatic carbocycles. The van der Waals surface area contributed by atoms with Gasteiger partial charge in [0, 0.05) is 24.3 Å². The third-order valence-corrected chi connectivity index (χ3v) is 3.63. The van der Waals surface area contributed by atoms with Crippen LogP contribution in [0.4, 0.5) is 5.69 Å². The Morgan fingerprint density at radius 1 is 1.47 bits per heavy atom. The lowest BCUT2D eigenvalue weighted by atomic mass is 9.93. The zero-order valence-corrected chi connectivity index (χ0v) is 11.4. The molecule has 1 unspecified atom stereocenters. The van der Waals surface area contributed by atoms with E-state index in [1.807, 2.05) is 6.92 Å². The number of rotatable bonds is 2. The summed E-state index contributed by atoms with van der Waals surface area (Å²) in [6.45, 7) is 4.91. The van der Waals surface area contributed by atoms with Gasteiger partial charge in [0.05, 0.1) is 23.3 Å². The smallest absolute Gasteiger partial charge is 0.0992 e. The van der Waals surface area contributed by atoms with Crippen LogP contribution in [-0.2, 0) is 0 Å². The van der Waals surface area contributed by atoms with E-state index in [1.165, 1.54) is 0 Å². The van der Waals surface area contributed by atoms with E-state index in [-0.39, 0.29) is 0 Å². The van der Waals surface area contributed by atoms with Gasteiger partial charge in [0.1, 0.15) is 0 Å². The topological polar surface area (TPSA) is 67.5 Å². The van der Waals surface area contributed by atoms with Crippen molar-refractivity contribution in [2.45, 2.75) is 38.4 Å². The standard InChI is InChI=1S/C15H20N2O2/c1-11(18)13-5-4-12(9-16)8-14(13)17-7-3-6-15(2,19)10-17/h4-5,8,11,18-19H,3,6-7,10H2,1-2H3/t11-,15?/m0/s1. The first kappa shape index (κ1) is 13.9. The van der Waals surface area contributed by atoms with E-state index in [0.717, 1.165) is 30.6 Å². The predicted octanol–water partition coefficient (Wildman–Crippen LogP) is 1.96. The third kappa shape index (κ3) is 3.06. The highest BCUT2D eigenvalue weighted by molar-refractivity contribution is 5.59. The first-order valence-corrected chi connectivity index (χ1v) is 6.62. The number of β-amino-alcohol motifs (C(OH)–C–C–N with tert-alkyl or cyclic N) is 1. The summed E-state index contributed by atoms with van der Waals surface area (Å²) < 4.78 is 0. The predicted molar refractivity (Wildman–Crippen MR) is 73.9 cm³/mol. The monoisotopic (exact) mass is 260 g/mol. The molecular weight excluding hydrogens is 240 g/mol. The minimum absolute atomic E-state index is 0.529. The van der Waals surface area contributed by atoms with Crippen molar-refractivity contribution in [2.24, 2.45) is 0 Å². The Balaban J connectivity index is 2.39. The number of benzene rings is 1. The van der Waals surface area contributed by atoms with Crippen molar-refractivity contribution in [3.05, 3.63) is 29.3 Å². The fourth-order valence-electron chi connectivity index (χ4n) is 2.67. The van der Waals surface area contributed by atoms with Gasteiger partial charge in [0.15, 0.2) is 0 Å². The number of anilines is 1. The van der Waals surface area contributed by atoms with Crippen LogP contribution in [0, 0.1) is 11.3 Å². The molecule has 1 heterocycles. The minimum atomic E-state index is -0.711. The quantitative estimate of drug-likeness (QED) is 0.853. The van der Waals surface area contributed by atoms with E-state index in [4.69, 9.17) is 5.26 Å². The largest absolute Gasteiger partial charge is 0.389 e. The summed E-state index contributed by atoms with van der Waals surface area (Å²) in [6, 6.07) is 7.43. The second-order valence-electron chi connectivity index (χ2n) is 5.58. The molecule has 0 amide bonds. The van der Waals surface area contributed by atoms with Gasteiger partial charge in [0.2, 0.25) is 0 Å². The van der Waals surface area contributed by atoms with Crippen LogP contribution in [0.15, 0.2) is 18.2 Å². The molecule has 4 nitrogen and oxygen atoms in total. The zero-order valence-electron chi connectivity index (χ0n) is 11.4. The molecular formula is C15H20N2O2. The highest BCUT2D eigenvalue weighted by atomic mass is 16.3. The van der Waals surface area contributed by atoms with E-state index >= 15 is 0 Å². The average Bonchev–Trinajstić information content (AvgIpc) is 2.36. The summed E-state index contributed by atoms with van der Waals surface area (Å²) in [5.41, 5.74) is 1.52. The molecule has 1 aliphatic rings. The molecule has 0 saturated carbocycles. The number of nitrogens with zero attached hydrogens (tertiary/aromatic N) is 2. The highest BCUT2D eigenvalue weighted by Crippen LogP contribution is 2.32. The van der Waals surface area contributed by atoms with Crippen molar-refractivity contribution in [3.8, 4) is 6.07 Å². The average molecular weight is 260 g/mol. The fraction of sp³-hybridized carbons (Fsp3) is 0.533. The summed E-state index contributed by atoms with van der Waals surface area (Å²) in [6.07, 6.45) is 1.10. The molecule has 0 radical (unpaired) electrons. The van der Waals surface area contributed by atoms with Gasteiger partial charge < -0.3 is 15.1 Å². The summed E-state index contributed by atoms with van der Waals surface area (Å²) in [7, 11) is 0. The van der Waals surface area contributed by atoms with Gasteiger partial charge in [-0.25, -0.2) is 0 Å². The Hall–Kier alpha value is -1.57. The van der Waals surface area contributed by atoms with E-state index in [1.54, 1.807) is 25.1 Å². The van der Waals surface area contributed by atoms with E-state index in [9.17, 15) is 10.2 Å². The molecule has 2 N–H and O–H groups in total. The molecule has 2 atom stereocenters. The Morgan fingerprint density at radius 2 is 2.21 bits per heavy atom. The van der Waals surface area contributed by atoms with Crippen LogP contribution in [-0.4, -0.2) is 28.9 Å². The van der Waals surface area contributed by atoms with Crippen molar-refractivity contribution in [1.82, 2.24) is 0 Å². The Kier molecular flexibility index (Phi) is 3.79. The second-order valence-corrected chi connectivity index (χ2v) is 5.58. The van der Waals surface area contributed by atoms with E-state index < -0.39 is 11.7 Å². The van der Waals surface area contributed by atoms with Gasteiger partial charge in [0.25, 0.3) is 0 Å². The maximum atomic E-state index is 10.2. The van der Waals surface area contributed by atoms with Gasteiger partial charge in [-0.1, -0.05) is 6.07 Å². The van der Waals surface area contributed by atoms with Gasteiger partial charge >= 0.3 is 0 Å². The molecule has 0 bridgehead atoms. The van der Waals surface area contributed by atoms with Crippen molar-refractivity contribution in [2.75, 3.05) is 18.0 Å². The van der Waals surface area contributed by atoms with Crippen LogP contribution in [0.1, 0.15) is 43.9 Å². The lowest BCUT2D eigenvalue weighted by Crippen LogP contribution is -2.46. The maximum Gasteiger partial charge on any atom is 0.0992 e. The van der Waals surface area contributed by atoms with Crippen molar-refractivity contribution in [1.29, 1.82) is 5.26 Å². The van der Waals surface area contributed by atoms with Gasteiger partial charge in [-0.05, 0) is 38.8 Å². The molecule has 19 heavy (non-hydrogen) atoms. The van der Waals surface area contributed by atoms with Crippen LogP contribution >= 0.6 is 0 Å². The summed E-state index contributed by atoms with van der Waals surface area (Å²) in [4.78, 5) is 2.06. The first-order valence-electron chi connectivity index (χ1n) is 6.62. The van der Waals surface area contributed by atoms with Gasteiger partial charge in [-0.3, -0.25) is 0 Å². The van der Waals surface area contributed by atoms with E-state index in [2.05, 4.69) is 11.0 Å². The number of aliphatic hydroxyl groups excluding tert-OH is 1. The number of hydrogen-bond acceptors (Lipinski definition) is 4. The maximum absolute atomic E-state index is 10.2. The fourth-order valence-corrected chi connectivity index (χ4v) is 2.67. The van der Waals surface area contributed by atoms with Crippen molar-refractivity contribution >= 4 is 5.69 Å². The lowest BCUT2D eigenvalue weighted by molar-refractivity contribution is 0.0447. The number of aliphatic hydroxyl groups is 2. The lowest BCUT2D eigenvalue weighted by Gasteiger charge is -2.39. The third-order valence-electron chi connectivity index (χ3n) is 3.63. The van der Waals surface area contributed by atoms with Crippen molar-refractivity contribution < 1.29 is 10.2 Å². The summed E-state index contributed by atoms with van der Waals surface area (Å²) >= 11 is 0. The van der Waals surface area contributed by atoms with Crippen LogP contribution < -0.4 is 4.90 Å². The number of hydrogen-bond donors (Lipinski definition) is 2. The molecule has 1 aromatic rings. The summed E-state index contributed by atoms with van der Waals surface area (Å²) in [5.74, 6) is 0. The number of piperidine rings is 1. The van der Waals surface area contributed by atoms with E-state index in [0.29, 0.717) is 12.1 Å². The second kappa shape index (κ2) is 5.20. The summed E-state index contributed by atoms with van der Waals surface area (Å²) in [5, 5.41) is 29.1. The molecule has 1 aliphatic heterocycles. The Labute approximate surface area is 113 Å². The Morgan fingerprint density at radius 3 is 2.79 bits per heavy atom. The molecule has 1 saturated heterocycles. The molecule has 2 rings (SSSR count). The Bertz CT molecular complexity index is 503. The minimum Gasteiger partial charge on any atom is -0.389 e. The van der Waals surface area contributed by atoms with Crippen LogP contribution in [0.2, 0.25) is 0 Å². The molecule has 0 aliphatic carbocycles. The molecule has 0 aromatic heterocycles. The molecule has 102 valence electrons. The first-order chi connectivity index (χ1) is 8.93. The van der Waals surface area contributed by atoms with Crippen LogP contribution in [0.5, 0.6) is 0 Å². The highest BCUT2D eigenvalue weighted by Gasteiger charge is 2.29. The van der Waals surface area contributed by atoms with Crippen LogP contribution in [0.3, 0.4) is 0 Å². The SMILES string of the molecule is C[C@H](O)c1ccc(C#N)cc1N1CCCC(C)(O)C1. The van der Waals surface area contributed by atoms with Crippen LogP contribution in [0.25, 0.3) is 0 Å². The number of nitriles is 1.